The van der Waals surface area contributed by atoms with Crippen molar-refractivity contribution in [1.82, 2.24) is 30.2 Å². The van der Waals surface area contributed by atoms with Gasteiger partial charge in [0.2, 0.25) is 17.0 Å². The maximum atomic E-state index is 12.5. The van der Waals surface area contributed by atoms with Gasteiger partial charge in [0.05, 0.1) is 11.7 Å². The van der Waals surface area contributed by atoms with E-state index >= 15 is 0 Å². The molecule has 1 unspecified atom stereocenters. The van der Waals surface area contributed by atoms with E-state index in [1.54, 1.807) is 0 Å². The number of hydrogen-bond donors (Lipinski definition) is 1. The molecule has 2 aromatic heterocycles. The van der Waals surface area contributed by atoms with Crippen LogP contribution in [0.4, 0.5) is 0 Å². The van der Waals surface area contributed by atoms with Gasteiger partial charge in [0.15, 0.2) is 5.82 Å². The first kappa shape index (κ1) is 17.9. The summed E-state index contributed by atoms with van der Waals surface area (Å²) in [6.45, 7) is 7.49. The number of amides is 1. The van der Waals surface area contributed by atoms with Crippen LogP contribution in [0.25, 0.3) is 0 Å². The third-order valence-electron chi connectivity index (χ3n) is 4.27. The van der Waals surface area contributed by atoms with Gasteiger partial charge in [-0.05, 0) is 12.8 Å². The van der Waals surface area contributed by atoms with E-state index in [0.717, 1.165) is 37.5 Å². The van der Waals surface area contributed by atoms with Gasteiger partial charge in [-0.25, -0.2) is 4.98 Å². The zero-order chi connectivity index (χ0) is 17.8. The fourth-order valence-corrected chi connectivity index (χ4v) is 3.49. The summed E-state index contributed by atoms with van der Waals surface area (Å²) in [6, 6.07) is 0. The molecule has 8 nitrogen and oxygen atoms in total. The highest BCUT2D eigenvalue weighted by atomic mass is 32.2. The number of piperidine rings is 1. The van der Waals surface area contributed by atoms with Crippen LogP contribution in [0.15, 0.2) is 9.68 Å². The van der Waals surface area contributed by atoms with Crippen LogP contribution in [-0.2, 0) is 11.2 Å². The van der Waals surface area contributed by atoms with Crippen LogP contribution in [0.1, 0.15) is 63.0 Å². The molecular formula is C16H24N6O2S. The molecule has 0 saturated carbocycles. The molecule has 1 aliphatic rings. The van der Waals surface area contributed by atoms with Crippen molar-refractivity contribution in [3.05, 3.63) is 17.5 Å². The number of carbonyl (C=O) groups excluding carboxylic acids is 1. The number of aromatic amines is 1. The Labute approximate surface area is 151 Å². The normalized spacial score (nSPS) is 18.1. The lowest BCUT2D eigenvalue weighted by atomic mass is 9.98. The van der Waals surface area contributed by atoms with E-state index in [0.29, 0.717) is 23.3 Å². The molecule has 0 bridgehead atoms. The minimum atomic E-state index is 0.0983. The zero-order valence-electron chi connectivity index (χ0n) is 14.9. The predicted molar refractivity (Wildman–Crippen MR) is 93.4 cm³/mol. The second-order valence-corrected chi connectivity index (χ2v) is 7.47. The van der Waals surface area contributed by atoms with Crippen LogP contribution in [0.5, 0.6) is 0 Å². The van der Waals surface area contributed by atoms with Crippen molar-refractivity contribution in [3.8, 4) is 0 Å². The Kier molecular flexibility index (Phi) is 5.72. The van der Waals surface area contributed by atoms with Gasteiger partial charge in [0.25, 0.3) is 0 Å². The van der Waals surface area contributed by atoms with E-state index in [4.69, 9.17) is 4.52 Å². The number of aryl methyl sites for hydroxylation is 1. The molecule has 3 rings (SSSR count). The van der Waals surface area contributed by atoms with E-state index in [9.17, 15) is 4.79 Å². The van der Waals surface area contributed by atoms with Crippen molar-refractivity contribution in [2.24, 2.45) is 0 Å². The largest absolute Gasteiger partial charge is 0.341 e. The number of nitrogens with one attached hydrogen (secondary N) is 1. The molecule has 1 amide bonds. The van der Waals surface area contributed by atoms with Crippen LogP contribution in [0.3, 0.4) is 0 Å². The molecule has 1 N–H and O–H groups in total. The van der Waals surface area contributed by atoms with Gasteiger partial charge in [-0.2, -0.15) is 4.98 Å². The van der Waals surface area contributed by atoms with Gasteiger partial charge in [-0.1, -0.05) is 37.7 Å². The maximum Gasteiger partial charge on any atom is 0.233 e. The standard InChI is InChI=1S/C16H24N6O2S/c1-4-12-17-16(20-19-12)25-9-13(23)22-7-5-6-11(8-22)15-18-14(10(2)3)21-24-15/h10-11H,4-9H2,1-3H3,(H,17,19,20). The lowest BCUT2D eigenvalue weighted by Crippen LogP contribution is -2.40. The molecule has 0 aromatic carbocycles. The molecule has 1 atom stereocenters. The van der Waals surface area contributed by atoms with E-state index in [-0.39, 0.29) is 17.7 Å². The lowest BCUT2D eigenvalue weighted by Gasteiger charge is -2.30. The molecule has 1 aliphatic heterocycles. The third kappa shape index (κ3) is 4.39. The number of rotatable bonds is 6. The van der Waals surface area contributed by atoms with Crippen LogP contribution in [-0.4, -0.2) is 55.0 Å². The molecule has 136 valence electrons. The first-order valence-electron chi connectivity index (χ1n) is 8.72. The summed E-state index contributed by atoms with van der Waals surface area (Å²) < 4.78 is 5.41. The third-order valence-corrected chi connectivity index (χ3v) is 5.10. The van der Waals surface area contributed by atoms with Crippen molar-refractivity contribution in [1.29, 1.82) is 0 Å². The fourth-order valence-electron chi connectivity index (χ4n) is 2.77. The number of likely N-dealkylation sites (tertiary alicyclic amines) is 1. The van der Waals surface area contributed by atoms with E-state index in [1.165, 1.54) is 11.8 Å². The molecule has 2 aromatic rings. The Morgan fingerprint density at radius 2 is 2.28 bits per heavy atom. The van der Waals surface area contributed by atoms with Crippen LogP contribution >= 0.6 is 11.8 Å². The number of nitrogens with zero attached hydrogens (tertiary/aromatic N) is 5. The Bertz CT molecular complexity index is 713. The van der Waals surface area contributed by atoms with Gasteiger partial charge in [-0.3, -0.25) is 9.89 Å². The number of thioether (sulfide) groups is 1. The topological polar surface area (TPSA) is 101 Å². The molecule has 1 saturated heterocycles. The molecule has 25 heavy (non-hydrogen) atoms. The molecule has 0 aliphatic carbocycles. The molecule has 1 fully saturated rings. The average Bonchev–Trinajstić information content (AvgIpc) is 3.29. The molecular weight excluding hydrogens is 340 g/mol. The monoisotopic (exact) mass is 364 g/mol. The van der Waals surface area contributed by atoms with Gasteiger partial charge in [0.1, 0.15) is 5.82 Å². The summed E-state index contributed by atoms with van der Waals surface area (Å²) in [5, 5.41) is 11.6. The van der Waals surface area contributed by atoms with E-state index < -0.39 is 0 Å². The SMILES string of the molecule is CCc1nc(SCC(=O)N2CCCC(c3nc(C(C)C)no3)C2)n[nH]1. The summed E-state index contributed by atoms with van der Waals surface area (Å²) >= 11 is 1.37. The first-order chi connectivity index (χ1) is 12.1. The Balaban J connectivity index is 1.55. The van der Waals surface area contributed by atoms with Gasteiger partial charge >= 0.3 is 0 Å². The van der Waals surface area contributed by atoms with Crippen molar-refractivity contribution in [3.63, 3.8) is 0 Å². The van der Waals surface area contributed by atoms with Crippen molar-refractivity contribution >= 4 is 17.7 Å². The van der Waals surface area contributed by atoms with E-state index in [2.05, 4.69) is 25.3 Å². The summed E-state index contributed by atoms with van der Waals surface area (Å²) in [5.41, 5.74) is 0. The summed E-state index contributed by atoms with van der Waals surface area (Å²) in [4.78, 5) is 23.2. The maximum absolute atomic E-state index is 12.5. The van der Waals surface area contributed by atoms with Gasteiger partial charge < -0.3 is 9.42 Å². The molecule has 0 radical (unpaired) electrons. The minimum absolute atomic E-state index is 0.0983. The van der Waals surface area contributed by atoms with Gasteiger partial charge in [-0.15, -0.1) is 5.10 Å². The number of hydrogen-bond acceptors (Lipinski definition) is 7. The van der Waals surface area contributed by atoms with Crippen LogP contribution in [0.2, 0.25) is 0 Å². The van der Waals surface area contributed by atoms with E-state index in [1.807, 2.05) is 25.7 Å². The fraction of sp³-hybridized carbons (Fsp3) is 0.688. The van der Waals surface area contributed by atoms with Crippen LogP contribution in [0, 0.1) is 0 Å². The highest BCUT2D eigenvalue weighted by Crippen LogP contribution is 2.27. The smallest absolute Gasteiger partial charge is 0.233 e. The quantitative estimate of drug-likeness (QED) is 0.785. The average molecular weight is 364 g/mol. The Hall–Kier alpha value is -1.90. The summed E-state index contributed by atoms with van der Waals surface area (Å²) in [6.07, 6.45) is 2.72. The second kappa shape index (κ2) is 7.99. The number of H-pyrrole nitrogens is 1. The molecule has 0 spiro atoms. The number of aromatic nitrogens is 5. The van der Waals surface area contributed by atoms with Crippen molar-refractivity contribution in [2.75, 3.05) is 18.8 Å². The number of carbonyl (C=O) groups is 1. The molecule has 9 heteroatoms. The molecule has 3 heterocycles. The highest BCUT2D eigenvalue weighted by Gasteiger charge is 2.29. The van der Waals surface area contributed by atoms with Gasteiger partial charge in [0, 0.05) is 25.4 Å². The first-order valence-corrected chi connectivity index (χ1v) is 9.70. The predicted octanol–water partition coefficient (Wildman–Crippen LogP) is 2.37. The Morgan fingerprint density at radius 3 is 2.96 bits per heavy atom. The summed E-state index contributed by atoms with van der Waals surface area (Å²) in [7, 11) is 0. The van der Waals surface area contributed by atoms with Crippen molar-refractivity contribution < 1.29 is 9.32 Å². The second-order valence-electron chi connectivity index (χ2n) is 6.53. The zero-order valence-corrected chi connectivity index (χ0v) is 15.7. The lowest BCUT2D eigenvalue weighted by molar-refractivity contribution is -0.129. The van der Waals surface area contributed by atoms with Crippen molar-refractivity contribution in [2.45, 2.75) is 57.0 Å². The summed E-state index contributed by atoms with van der Waals surface area (Å²) in [5.74, 6) is 3.02. The van der Waals surface area contributed by atoms with Crippen LogP contribution < -0.4 is 0 Å². The minimum Gasteiger partial charge on any atom is -0.341 e. The Morgan fingerprint density at radius 1 is 1.44 bits per heavy atom. The highest BCUT2D eigenvalue weighted by molar-refractivity contribution is 7.99.